The second-order valence-corrected chi connectivity index (χ2v) is 5.16. The lowest BCUT2D eigenvalue weighted by Gasteiger charge is -2.12. The van der Waals surface area contributed by atoms with Crippen molar-refractivity contribution in [1.29, 1.82) is 0 Å². The van der Waals surface area contributed by atoms with E-state index in [0.717, 1.165) is 17.5 Å². The van der Waals surface area contributed by atoms with E-state index in [9.17, 15) is 24.8 Å². The van der Waals surface area contributed by atoms with E-state index in [4.69, 9.17) is 4.74 Å². The number of rotatable bonds is 5. The summed E-state index contributed by atoms with van der Waals surface area (Å²) in [5.41, 5.74) is -0.453. The van der Waals surface area contributed by atoms with E-state index < -0.39 is 10.9 Å². The number of non-ortho nitro benzene ring substituents is 1. The van der Waals surface area contributed by atoms with Gasteiger partial charge < -0.3 is 9.84 Å². The summed E-state index contributed by atoms with van der Waals surface area (Å²) >= 11 is 0. The minimum Gasteiger partial charge on any atom is -0.478 e. The first-order valence-electron chi connectivity index (χ1n) is 7.18. The minimum atomic E-state index is -1.37. The van der Waals surface area contributed by atoms with Crippen LogP contribution in [0.15, 0.2) is 54.6 Å². The fourth-order valence-corrected chi connectivity index (χ4v) is 2.49. The predicted molar refractivity (Wildman–Crippen MR) is 89.5 cm³/mol. The Morgan fingerprint density at radius 1 is 1.08 bits per heavy atom. The largest absolute Gasteiger partial charge is 0.478 e. The number of ether oxygens (including phenoxy) is 1. The van der Waals surface area contributed by atoms with Gasteiger partial charge in [-0.2, -0.15) is 0 Å². The summed E-state index contributed by atoms with van der Waals surface area (Å²) in [6, 6.07) is 13.7. The number of benzene rings is 3. The van der Waals surface area contributed by atoms with Gasteiger partial charge in [-0.3, -0.25) is 14.9 Å². The summed E-state index contributed by atoms with van der Waals surface area (Å²) in [5.74, 6) is -1.28. The number of nitro benzene ring substituents is 1. The van der Waals surface area contributed by atoms with Crippen molar-refractivity contribution >= 4 is 28.7 Å². The molecular weight excluding hydrogens is 326 g/mol. The number of fused-ring (bicyclic) bond motifs is 1. The zero-order valence-electron chi connectivity index (χ0n) is 12.7. The van der Waals surface area contributed by atoms with Crippen LogP contribution in [0.2, 0.25) is 0 Å². The van der Waals surface area contributed by atoms with Crippen LogP contribution in [-0.2, 0) is 0 Å². The average molecular weight is 337 g/mol. The summed E-state index contributed by atoms with van der Waals surface area (Å²) in [4.78, 5) is 33.0. The van der Waals surface area contributed by atoms with Crippen molar-refractivity contribution in [2.24, 2.45) is 0 Å². The summed E-state index contributed by atoms with van der Waals surface area (Å²) in [6.07, 6.45) is 0.628. The van der Waals surface area contributed by atoms with Gasteiger partial charge in [0.1, 0.15) is 17.1 Å². The topological polar surface area (TPSA) is 107 Å². The molecule has 0 unspecified atom stereocenters. The molecule has 0 aromatic heterocycles. The highest BCUT2D eigenvalue weighted by Crippen LogP contribution is 2.33. The van der Waals surface area contributed by atoms with Crippen molar-refractivity contribution in [2.75, 3.05) is 0 Å². The Kier molecular flexibility index (Phi) is 4.13. The smallest absolute Gasteiger partial charge is 0.339 e. The lowest BCUT2D eigenvalue weighted by Crippen LogP contribution is -2.02. The molecule has 3 aromatic rings. The van der Waals surface area contributed by atoms with Crippen molar-refractivity contribution in [3.05, 3.63) is 75.8 Å². The number of hydrogen-bond acceptors (Lipinski definition) is 5. The van der Waals surface area contributed by atoms with Gasteiger partial charge in [0.15, 0.2) is 6.29 Å². The van der Waals surface area contributed by atoms with E-state index in [2.05, 4.69) is 0 Å². The van der Waals surface area contributed by atoms with Crippen LogP contribution in [-0.4, -0.2) is 22.3 Å². The highest BCUT2D eigenvalue weighted by Gasteiger charge is 2.19. The van der Waals surface area contributed by atoms with Gasteiger partial charge in [-0.25, -0.2) is 4.79 Å². The number of carbonyl (C=O) groups is 2. The van der Waals surface area contributed by atoms with Crippen molar-refractivity contribution in [3.8, 4) is 11.5 Å². The minimum absolute atomic E-state index is 0.0866. The summed E-state index contributed by atoms with van der Waals surface area (Å²) in [6.45, 7) is 0. The van der Waals surface area contributed by atoms with E-state index >= 15 is 0 Å². The normalized spacial score (nSPS) is 10.4. The van der Waals surface area contributed by atoms with Crippen LogP contribution >= 0.6 is 0 Å². The number of nitrogens with zero attached hydrogens (tertiary/aromatic N) is 1. The number of aldehydes is 1. The standard InChI is InChI=1S/C18H11NO6/c20-10-15-13-4-2-1-3-11(13)5-7-17(15)25-16-8-6-12(19(23)24)9-14(16)18(21)22/h1-10H,(H,21,22). The summed E-state index contributed by atoms with van der Waals surface area (Å²) in [7, 11) is 0. The quantitative estimate of drug-likeness (QED) is 0.427. The van der Waals surface area contributed by atoms with Crippen LogP contribution in [0.3, 0.4) is 0 Å². The third-order valence-corrected chi connectivity index (χ3v) is 3.67. The molecule has 7 heteroatoms. The molecule has 1 N–H and O–H groups in total. The maximum Gasteiger partial charge on any atom is 0.339 e. The molecule has 0 aliphatic heterocycles. The van der Waals surface area contributed by atoms with Crippen LogP contribution in [0.25, 0.3) is 10.8 Å². The van der Waals surface area contributed by atoms with E-state index in [-0.39, 0.29) is 28.3 Å². The highest BCUT2D eigenvalue weighted by atomic mass is 16.6. The third kappa shape index (κ3) is 3.02. The van der Waals surface area contributed by atoms with E-state index in [1.165, 1.54) is 6.07 Å². The van der Waals surface area contributed by atoms with Crippen LogP contribution in [0, 0.1) is 10.1 Å². The number of carbonyl (C=O) groups excluding carboxylic acids is 1. The zero-order valence-corrected chi connectivity index (χ0v) is 12.7. The Balaban J connectivity index is 2.11. The monoisotopic (exact) mass is 337 g/mol. The maximum absolute atomic E-state index is 11.5. The van der Waals surface area contributed by atoms with Crippen molar-refractivity contribution < 1.29 is 24.4 Å². The van der Waals surface area contributed by atoms with Gasteiger partial charge in [0.25, 0.3) is 5.69 Å². The molecule has 0 aliphatic carbocycles. The van der Waals surface area contributed by atoms with Crippen LogP contribution in [0.1, 0.15) is 20.7 Å². The molecule has 0 bridgehead atoms. The van der Waals surface area contributed by atoms with Crippen LogP contribution in [0.4, 0.5) is 5.69 Å². The number of carboxylic acid groups (broad SMARTS) is 1. The number of aromatic carboxylic acids is 1. The molecule has 124 valence electrons. The van der Waals surface area contributed by atoms with Crippen molar-refractivity contribution in [1.82, 2.24) is 0 Å². The molecule has 3 aromatic carbocycles. The Bertz CT molecular complexity index is 1010. The molecule has 0 atom stereocenters. The molecule has 0 aliphatic rings. The molecule has 0 fully saturated rings. The fourth-order valence-electron chi connectivity index (χ4n) is 2.49. The third-order valence-electron chi connectivity index (χ3n) is 3.67. The maximum atomic E-state index is 11.5. The van der Waals surface area contributed by atoms with Gasteiger partial charge in [0.05, 0.1) is 10.5 Å². The Hall–Kier alpha value is -3.74. The first kappa shape index (κ1) is 16.1. The van der Waals surface area contributed by atoms with Crippen molar-refractivity contribution in [2.45, 2.75) is 0 Å². The lowest BCUT2D eigenvalue weighted by molar-refractivity contribution is -0.384. The Morgan fingerprint density at radius 2 is 1.80 bits per heavy atom. The molecule has 0 amide bonds. The molecular formula is C18H11NO6. The van der Waals surface area contributed by atoms with E-state index in [1.807, 2.05) is 12.1 Å². The predicted octanol–water partition coefficient (Wildman–Crippen LogP) is 4.05. The highest BCUT2D eigenvalue weighted by molar-refractivity contribution is 6.01. The first-order valence-corrected chi connectivity index (χ1v) is 7.18. The Morgan fingerprint density at radius 3 is 2.48 bits per heavy atom. The second-order valence-electron chi connectivity index (χ2n) is 5.16. The fraction of sp³-hybridized carbons (Fsp3) is 0. The van der Waals surface area contributed by atoms with Crippen LogP contribution < -0.4 is 4.74 Å². The SMILES string of the molecule is O=Cc1c(Oc2ccc([N+](=O)[O-])cc2C(=O)O)ccc2ccccc12. The molecule has 0 heterocycles. The van der Waals surface area contributed by atoms with Crippen LogP contribution in [0.5, 0.6) is 11.5 Å². The summed E-state index contributed by atoms with van der Waals surface area (Å²) in [5, 5.41) is 21.6. The molecule has 7 nitrogen and oxygen atoms in total. The number of hydrogen-bond donors (Lipinski definition) is 1. The lowest BCUT2D eigenvalue weighted by atomic mass is 10.0. The number of nitro groups is 1. The molecule has 0 saturated heterocycles. The van der Waals surface area contributed by atoms with Gasteiger partial charge in [-0.15, -0.1) is 0 Å². The summed E-state index contributed by atoms with van der Waals surface area (Å²) < 4.78 is 5.60. The average Bonchev–Trinajstić information content (AvgIpc) is 2.61. The van der Waals surface area contributed by atoms with Gasteiger partial charge in [-0.05, 0) is 22.9 Å². The van der Waals surface area contributed by atoms with Gasteiger partial charge in [0, 0.05) is 12.1 Å². The van der Waals surface area contributed by atoms with Gasteiger partial charge >= 0.3 is 5.97 Å². The molecule has 3 rings (SSSR count). The number of carboxylic acids is 1. The molecule has 25 heavy (non-hydrogen) atoms. The zero-order chi connectivity index (χ0) is 18.0. The van der Waals surface area contributed by atoms with E-state index in [0.29, 0.717) is 11.7 Å². The Labute approximate surface area is 141 Å². The van der Waals surface area contributed by atoms with Gasteiger partial charge in [0.2, 0.25) is 0 Å². The van der Waals surface area contributed by atoms with E-state index in [1.54, 1.807) is 24.3 Å². The molecule has 0 saturated carbocycles. The second kappa shape index (κ2) is 6.40. The van der Waals surface area contributed by atoms with Gasteiger partial charge in [-0.1, -0.05) is 30.3 Å². The molecule has 0 radical (unpaired) electrons. The first-order chi connectivity index (χ1) is 12.0. The molecule has 0 spiro atoms. The van der Waals surface area contributed by atoms with Crippen molar-refractivity contribution in [3.63, 3.8) is 0 Å².